The number of piperazine rings is 1. The second-order valence-electron chi connectivity index (χ2n) is 8.17. The van der Waals surface area contributed by atoms with Gasteiger partial charge in [-0.2, -0.15) is 0 Å². The summed E-state index contributed by atoms with van der Waals surface area (Å²) in [7, 11) is 2.16. The van der Waals surface area contributed by atoms with E-state index in [9.17, 15) is 4.79 Å². The number of nitrogens with zero attached hydrogens (tertiary/aromatic N) is 3. The molecule has 2 aromatic carbocycles. The number of nitrogens with one attached hydrogen (secondary N) is 1. The first-order valence-electron chi connectivity index (χ1n) is 11.1. The van der Waals surface area contributed by atoms with Crippen molar-refractivity contribution in [2.24, 2.45) is 0 Å². The fraction of sp³-hybridized carbons (Fsp3) is 0.308. The Morgan fingerprint density at radius 1 is 0.938 bits per heavy atom. The van der Waals surface area contributed by atoms with Crippen molar-refractivity contribution in [3.63, 3.8) is 0 Å². The van der Waals surface area contributed by atoms with E-state index in [1.165, 1.54) is 5.69 Å². The van der Waals surface area contributed by atoms with E-state index in [1.807, 2.05) is 54.6 Å². The molecule has 1 aliphatic rings. The molecule has 166 valence electrons. The average Bonchev–Trinajstić information content (AvgIpc) is 2.84. The monoisotopic (exact) mass is 430 g/mol. The number of amides is 1. The van der Waals surface area contributed by atoms with Crippen molar-refractivity contribution in [1.29, 1.82) is 0 Å². The van der Waals surface area contributed by atoms with Crippen LogP contribution in [0.2, 0.25) is 0 Å². The molecule has 0 bridgehead atoms. The maximum atomic E-state index is 12.1. The van der Waals surface area contributed by atoms with Crippen LogP contribution in [0.4, 0.5) is 5.69 Å². The van der Waals surface area contributed by atoms with Gasteiger partial charge in [0.2, 0.25) is 5.91 Å². The van der Waals surface area contributed by atoms with Crippen LogP contribution in [0.1, 0.15) is 16.8 Å². The van der Waals surface area contributed by atoms with Gasteiger partial charge in [-0.05, 0) is 42.9 Å². The first-order chi connectivity index (χ1) is 15.7. The van der Waals surface area contributed by atoms with Gasteiger partial charge in [-0.3, -0.25) is 9.78 Å². The Bertz CT molecular complexity index is 983. The lowest BCUT2D eigenvalue weighted by Gasteiger charge is -2.34. The lowest BCUT2D eigenvalue weighted by atomic mass is 10.1. The molecule has 0 atom stereocenters. The molecular formula is C26H30N4O2. The molecule has 0 saturated carbocycles. The smallest absolute Gasteiger partial charge is 0.224 e. The molecule has 0 aliphatic carbocycles. The summed E-state index contributed by atoms with van der Waals surface area (Å²) in [5.41, 5.74) is 4.06. The Balaban J connectivity index is 1.21. The maximum absolute atomic E-state index is 12.1. The molecule has 1 amide bonds. The van der Waals surface area contributed by atoms with E-state index >= 15 is 0 Å². The molecule has 1 fully saturated rings. The highest BCUT2D eigenvalue weighted by molar-refractivity contribution is 5.78. The fourth-order valence-electron chi connectivity index (χ4n) is 3.66. The van der Waals surface area contributed by atoms with Crippen molar-refractivity contribution in [3.8, 4) is 5.75 Å². The third-order valence-corrected chi connectivity index (χ3v) is 5.67. The van der Waals surface area contributed by atoms with Gasteiger partial charge in [0.05, 0.1) is 18.7 Å². The van der Waals surface area contributed by atoms with Gasteiger partial charge in [-0.1, -0.05) is 36.4 Å². The highest BCUT2D eigenvalue weighted by Gasteiger charge is 2.14. The average molecular weight is 431 g/mol. The van der Waals surface area contributed by atoms with E-state index in [4.69, 9.17) is 4.74 Å². The van der Waals surface area contributed by atoms with Crippen LogP contribution in [0.25, 0.3) is 0 Å². The predicted octanol–water partition coefficient (Wildman–Crippen LogP) is 3.27. The van der Waals surface area contributed by atoms with Gasteiger partial charge in [0.15, 0.2) is 0 Å². The van der Waals surface area contributed by atoms with Crippen LogP contribution in [0.3, 0.4) is 0 Å². The number of anilines is 1. The molecule has 0 radical (unpaired) electrons. The first kappa shape index (κ1) is 21.8. The number of carbonyl (C=O) groups excluding carboxylic acids is 1. The molecular weight excluding hydrogens is 400 g/mol. The van der Waals surface area contributed by atoms with Crippen molar-refractivity contribution in [2.45, 2.75) is 19.6 Å². The lowest BCUT2D eigenvalue weighted by Crippen LogP contribution is -2.44. The van der Waals surface area contributed by atoms with E-state index < -0.39 is 0 Å². The second-order valence-corrected chi connectivity index (χ2v) is 8.17. The number of benzene rings is 2. The quantitative estimate of drug-likeness (QED) is 0.594. The summed E-state index contributed by atoms with van der Waals surface area (Å²) in [5, 5.41) is 2.92. The second kappa shape index (κ2) is 10.8. The topological polar surface area (TPSA) is 57.7 Å². The minimum atomic E-state index is -0.00886. The SMILES string of the molecule is CN1CCN(c2ccc(OCc3ccc(CNC(=O)Cc4ccccc4)nc3)cc2)CC1. The minimum absolute atomic E-state index is 0.00886. The van der Waals surface area contributed by atoms with E-state index in [-0.39, 0.29) is 5.91 Å². The predicted molar refractivity (Wildman–Crippen MR) is 127 cm³/mol. The Kier molecular flexibility index (Phi) is 7.35. The van der Waals surface area contributed by atoms with E-state index in [1.54, 1.807) is 6.20 Å². The van der Waals surface area contributed by atoms with Crippen LogP contribution in [-0.2, 0) is 24.4 Å². The normalized spacial score (nSPS) is 14.2. The summed E-state index contributed by atoms with van der Waals surface area (Å²) < 4.78 is 5.92. The summed E-state index contributed by atoms with van der Waals surface area (Å²) in [4.78, 5) is 21.3. The number of ether oxygens (including phenoxy) is 1. The van der Waals surface area contributed by atoms with Crippen LogP contribution in [0.5, 0.6) is 5.75 Å². The Morgan fingerprint density at radius 3 is 2.38 bits per heavy atom. The number of aromatic nitrogens is 1. The highest BCUT2D eigenvalue weighted by atomic mass is 16.5. The molecule has 1 aliphatic heterocycles. The van der Waals surface area contributed by atoms with Gasteiger partial charge < -0.3 is 19.9 Å². The maximum Gasteiger partial charge on any atom is 0.224 e. The summed E-state index contributed by atoms with van der Waals surface area (Å²) in [5.74, 6) is 0.838. The molecule has 0 spiro atoms. The fourth-order valence-corrected chi connectivity index (χ4v) is 3.66. The van der Waals surface area contributed by atoms with Crippen molar-refractivity contribution < 1.29 is 9.53 Å². The number of pyridine rings is 1. The lowest BCUT2D eigenvalue weighted by molar-refractivity contribution is -0.120. The molecule has 0 unspecified atom stereocenters. The molecule has 6 nitrogen and oxygen atoms in total. The molecule has 2 heterocycles. The number of likely N-dealkylation sites (N-methyl/N-ethyl adjacent to an activating group) is 1. The van der Waals surface area contributed by atoms with Crippen molar-refractivity contribution in [3.05, 3.63) is 89.7 Å². The van der Waals surface area contributed by atoms with Crippen LogP contribution in [-0.4, -0.2) is 49.0 Å². The van der Waals surface area contributed by atoms with Crippen LogP contribution in [0.15, 0.2) is 72.9 Å². The van der Waals surface area contributed by atoms with Crippen LogP contribution in [0, 0.1) is 0 Å². The van der Waals surface area contributed by atoms with Gasteiger partial charge >= 0.3 is 0 Å². The molecule has 32 heavy (non-hydrogen) atoms. The van der Waals surface area contributed by atoms with E-state index in [0.29, 0.717) is 19.6 Å². The Morgan fingerprint density at radius 2 is 1.69 bits per heavy atom. The number of rotatable bonds is 8. The zero-order valence-corrected chi connectivity index (χ0v) is 18.5. The molecule has 1 N–H and O–H groups in total. The third kappa shape index (κ3) is 6.31. The van der Waals surface area contributed by atoms with E-state index in [2.05, 4.69) is 39.3 Å². The van der Waals surface area contributed by atoms with E-state index in [0.717, 1.165) is 48.7 Å². The number of hydrogen-bond donors (Lipinski definition) is 1. The highest BCUT2D eigenvalue weighted by Crippen LogP contribution is 2.21. The molecule has 1 saturated heterocycles. The zero-order chi connectivity index (χ0) is 22.2. The van der Waals surface area contributed by atoms with Crippen molar-refractivity contribution >= 4 is 11.6 Å². The van der Waals surface area contributed by atoms with Crippen molar-refractivity contribution in [2.75, 3.05) is 38.1 Å². The van der Waals surface area contributed by atoms with Gasteiger partial charge in [-0.25, -0.2) is 0 Å². The summed E-state index contributed by atoms with van der Waals surface area (Å²) in [6.07, 6.45) is 2.18. The standard InChI is InChI=1S/C26H30N4O2/c1-29-13-15-30(16-14-29)24-9-11-25(12-10-24)32-20-22-7-8-23(27-18-22)19-28-26(31)17-21-5-3-2-4-6-21/h2-12,18H,13-17,19-20H2,1H3,(H,28,31). The molecule has 4 rings (SSSR count). The summed E-state index contributed by atoms with van der Waals surface area (Å²) in [6.45, 7) is 5.18. The summed E-state index contributed by atoms with van der Waals surface area (Å²) >= 11 is 0. The van der Waals surface area contributed by atoms with Gasteiger partial charge in [0.1, 0.15) is 12.4 Å². The zero-order valence-electron chi connectivity index (χ0n) is 18.5. The molecule has 1 aromatic heterocycles. The van der Waals surface area contributed by atoms with Crippen molar-refractivity contribution in [1.82, 2.24) is 15.2 Å². The van der Waals surface area contributed by atoms with Gasteiger partial charge in [0, 0.05) is 43.6 Å². The Hall–Kier alpha value is -3.38. The number of hydrogen-bond acceptors (Lipinski definition) is 5. The Labute approximate surface area is 189 Å². The largest absolute Gasteiger partial charge is 0.489 e. The third-order valence-electron chi connectivity index (χ3n) is 5.67. The van der Waals surface area contributed by atoms with Crippen LogP contribution >= 0.6 is 0 Å². The van der Waals surface area contributed by atoms with Gasteiger partial charge in [0.25, 0.3) is 0 Å². The first-order valence-corrected chi connectivity index (χ1v) is 11.1. The molecule has 3 aromatic rings. The minimum Gasteiger partial charge on any atom is -0.489 e. The number of carbonyl (C=O) groups is 1. The summed E-state index contributed by atoms with van der Waals surface area (Å²) in [6, 6.07) is 21.9. The van der Waals surface area contributed by atoms with Crippen LogP contribution < -0.4 is 15.0 Å². The molecule has 6 heteroatoms. The van der Waals surface area contributed by atoms with Gasteiger partial charge in [-0.15, -0.1) is 0 Å².